The molecule has 136 valence electrons. The number of hydrogen-bond acceptors (Lipinski definition) is 3. The first-order chi connectivity index (χ1) is 10.9. The van der Waals surface area contributed by atoms with Gasteiger partial charge >= 0.3 is 0 Å². The Balaban J connectivity index is 0.00000288. The van der Waals surface area contributed by atoms with Gasteiger partial charge in [-0.05, 0) is 43.9 Å². The molecule has 3 N–H and O–H groups in total. The van der Waals surface area contributed by atoms with Crippen LogP contribution in [0.5, 0.6) is 0 Å². The first-order valence-electron chi connectivity index (χ1n) is 8.31. The Morgan fingerprint density at radius 1 is 1.33 bits per heavy atom. The first-order valence-corrected chi connectivity index (χ1v) is 9.10. The smallest absolute Gasteiger partial charge is 0.239 e. The van der Waals surface area contributed by atoms with Crippen LogP contribution in [0.3, 0.4) is 0 Å². The summed E-state index contributed by atoms with van der Waals surface area (Å²) in [5.74, 6) is -0.0673. The van der Waals surface area contributed by atoms with Crippen molar-refractivity contribution in [1.82, 2.24) is 5.32 Å². The molecular weight excluding hydrogens is 392 g/mol. The molecule has 0 saturated carbocycles. The molecule has 0 aliphatic carbocycles. The summed E-state index contributed by atoms with van der Waals surface area (Å²) in [5, 5.41) is 3.10. The molecule has 0 spiro atoms. The van der Waals surface area contributed by atoms with Gasteiger partial charge in [-0.25, -0.2) is 0 Å². The van der Waals surface area contributed by atoms with Crippen LogP contribution in [-0.4, -0.2) is 31.2 Å². The van der Waals surface area contributed by atoms with Gasteiger partial charge in [0.05, 0.1) is 5.54 Å². The van der Waals surface area contributed by atoms with Crippen molar-refractivity contribution in [3.63, 3.8) is 0 Å². The van der Waals surface area contributed by atoms with Crippen molar-refractivity contribution in [3.05, 3.63) is 34.3 Å². The lowest BCUT2D eigenvalue weighted by Gasteiger charge is -2.38. The van der Waals surface area contributed by atoms with Gasteiger partial charge in [-0.2, -0.15) is 0 Å². The zero-order valence-electron chi connectivity index (χ0n) is 14.4. The Morgan fingerprint density at radius 2 is 1.92 bits per heavy atom. The van der Waals surface area contributed by atoms with Crippen molar-refractivity contribution in [1.29, 1.82) is 0 Å². The number of carbonyl (C=O) groups excluding carboxylic acids is 1. The van der Waals surface area contributed by atoms with Gasteiger partial charge in [-0.3, -0.25) is 4.79 Å². The normalized spacial score (nSPS) is 19.0. The third-order valence-electron chi connectivity index (χ3n) is 4.78. The van der Waals surface area contributed by atoms with E-state index in [9.17, 15) is 4.79 Å². The second-order valence-corrected chi connectivity index (χ2v) is 7.67. The third kappa shape index (κ3) is 5.19. The molecule has 1 heterocycles. The van der Waals surface area contributed by atoms with Crippen LogP contribution in [0.4, 0.5) is 0 Å². The molecule has 0 bridgehead atoms. The quantitative estimate of drug-likeness (QED) is 0.741. The highest BCUT2D eigenvalue weighted by Crippen LogP contribution is 2.35. The number of halogens is 2. The number of rotatable bonds is 6. The summed E-state index contributed by atoms with van der Waals surface area (Å²) in [5.41, 5.74) is 6.52. The van der Waals surface area contributed by atoms with E-state index in [1.54, 1.807) is 0 Å². The lowest BCUT2D eigenvalue weighted by atomic mass is 9.74. The predicted molar refractivity (Wildman–Crippen MR) is 104 cm³/mol. The number of amides is 1. The fraction of sp³-hybridized carbons (Fsp3) is 0.611. The van der Waals surface area contributed by atoms with E-state index in [1.807, 2.05) is 13.8 Å². The molecule has 6 heteroatoms. The minimum Gasteiger partial charge on any atom is -0.381 e. The van der Waals surface area contributed by atoms with E-state index < -0.39 is 5.54 Å². The molecule has 4 nitrogen and oxygen atoms in total. The number of ether oxygens (including phenoxy) is 1. The molecule has 2 rings (SSSR count). The lowest BCUT2D eigenvalue weighted by molar-refractivity contribution is -0.126. The van der Waals surface area contributed by atoms with Crippen LogP contribution < -0.4 is 11.1 Å². The zero-order chi connectivity index (χ0) is 16.9. The average Bonchev–Trinajstić information content (AvgIpc) is 2.54. The van der Waals surface area contributed by atoms with Crippen LogP contribution in [0.2, 0.25) is 0 Å². The summed E-state index contributed by atoms with van der Waals surface area (Å²) in [6.07, 6.45) is 3.40. The van der Waals surface area contributed by atoms with Gasteiger partial charge in [-0.1, -0.05) is 41.4 Å². The molecule has 1 atom stereocenters. The fourth-order valence-electron chi connectivity index (χ4n) is 3.22. The lowest BCUT2D eigenvalue weighted by Crippen LogP contribution is -2.55. The van der Waals surface area contributed by atoms with Crippen LogP contribution in [0.25, 0.3) is 0 Å². The highest BCUT2D eigenvalue weighted by molar-refractivity contribution is 9.10. The number of nitrogens with two attached hydrogens (primary N) is 1. The summed E-state index contributed by atoms with van der Waals surface area (Å²) < 4.78 is 6.60. The summed E-state index contributed by atoms with van der Waals surface area (Å²) in [7, 11) is 0. The van der Waals surface area contributed by atoms with Crippen molar-refractivity contribution in [2.24, 2.45) is 5.73 Å². The Labute approximate surface area is 159 Å². The van der Waals surface area contributed by atoms with Crippen molar-refractivity contribution in [3.8, 4) is 0 Å². The van der Waals surface area contributed by atoms with Gasteiger partial charge in [0.2, 0.25) is 5.91 Å². The SMILES string of the molecule is CCCC(C)(N)C(=O)NCC1(c2ccc(Br)cc2)CCOCC1.Cl. The summed E-state index contributed by atoms with van der Waals surface area (Å²) in [4.78, 5) is 12.5. The van der Waals surface area contributed by atoms with Gasteiger partial charge in [0.15, 0.2) is 0 Å². The number of nitrogens with one attached hydrogen (secondary N) is 1. The van der Waals surface area contributed by atoms with E-state index in [4.69, 9.17) is 10.5 Å². The predicted octanol–water partition coefficient (Wildman–Crippen LogP) is 3.55. The monoisotopic (exact) mass is 418 g/mol. The van der Waals surface area contributed by atoms with Crippen LogP contribution in [0.15, 0.2) is 28.7 Å². The summed E-state index contributed by atoms with van der Waals surface area (Å²) in [6, 6.07) is 8.38. The maximum absolute atomic E-state index is 12.5. The Morgan fingerprint density at radius 3 is 2.46 bits per heavy atom. The van der Waals surface area contributed by atoms with E-state index in [-0.39, 0.29) is 23.7 Å². The molecule has 24 heavy (non-hydrogen) atoms. The van der Waals surface area contributed by atoms with Crippen LogP contribution in [-0.2, 0) is 14.9 Å². The van der Waals surface area contributed by atoms with E-state index in [1.165, 1.54) is 5.56 Å². The molecule has 1 aliphatic rings. The molecular formula is C18H28BrClN2O2. The van der Waals surface area contributed by atoms with Crippen LogP contribution in [0, 0.1) is 0 Å². The first kappa shape index (κ1) is 21.4. The van der Waals surface area contributed by atoms with Crippen LogP contribution >= 0.6 is 28.3 Å². The number of benzene rings is 1. The molecule has 1 unspecified atom stereocenters. The number of carbonyl (C=O) groups is 1. The maximum Gasteiger partial charge on any atom is 0.239 e. The van der Waals surface area contributed by atoms with E-state index in [0.29, 0.717) is 13.0 Å². The Hall–Kier alpha value is -0.620. The third-order valence-corrected chi connectivity index (χ3v) is 5.31. The van der Waals surface area contributed by atoms with Gasteiger partial charge in [0.1, 0.15) is 0 Å². The van der Waals surface area contributed by atoms with Gasteiger partial charge < -0.3 is 15.8 Å². The number of hydrogen-bond donors (Lipinski definition) is 2. The Kier molecular flexibility index (Phi) is 8.20. The molecule has 1 saturated heterocycles. The second kappa shape index (κ2) is 9.18. The molecule has 1 aromatic carbocycles. The summed E-state index contributed by atoms with van der Waals surface area (Å²) in [6.45, 7) is 5.90. The van der Waals surface area contributed by atoms with Crippen molar-refractivity contribution >= 4 is 34.2 Å². The van der Waals surface area contributed by atoms with Crippen LogP contribution in [0.1, 0.15) is 45.1 Å². The maximum atomic E-state index is 12.5. The van der Waals surface area contributed by atoms with Crippen molar-refractivity contribution in [2.45, 2.75) is 50.5 Å². The summed E-state index contributed by atoms with van der Waals surface area (Å²) >= 11 is 3.48. The minimum absolute atomic E-state index is 0. The van der Waals surface area contributed by atoms with E-state index in [0.717, 1.165) is 36.9 Å². The average molecular weight is 420 g/mol. The highest BCUT2D eigenvalue weighted by Gasteiger charge is 2.36. The minimum atomic E-state index is -0.805. The van der Waals surface area contributed by atoms with E-state index >= 15 is 0 Å². The zero-order valence-corrected chi connectivity index (χ0v) is 16.8. The van der Waals surface area contributed by atoms with Gasteiger partial charge in [-0.15, -0.1) is 12.4 Å². The standard InChI is InChI=1S/C18H27BrN2O2.ClH/c1-3-8-17(2,20)16(22)21-13-18(9-11-23-12-10-18)14-4-6-15(19)7-5-14;/h4-7H,3,8-13,20H2,1-2H3,(H,21,22);1H. The molecule has 0 aromatic heterocycles. The van der Waals surface area contributed by atoms with Crippen molar-refractivity contribution < 1.29 is 9.53 Å². The largest absolute Gasteiger partial charge is 0.381 e. The molecule has 1 fully saturated rings. The second-order valence-electron chi connectivity index (χ2n) is 6.75. The van der Waals surface area contributed by atoms with Crippen molar-refractivity contribution in [2.75, 3.05) is 19.8 Å². The molecule has 0 radical (unpaired) electrons. The molecule has 1 aromatic rings. The molecule has 1 amide bonds. The van der Waals surface area contributed by atoms with Gasteiger partial charge in [0, 0.05) is 29.6 Å². The van der Waals surface area contributed by atoms with Gasteiger partial charge in [0.25, 0.3) is 0 Å². The topological polar surface area (TPSA) is 64.4 Å². The Bertz CT molecular complexity index is 528. The van der Waals surface area contributed by atoms with E-state index in [2.05, 4.69) is 45.5 Å². The fourth-order valence-corrected chi connectivity index (χ4v) is 3.48. The highest BCUT2D eigenvalue weighted by atomic mass is 79.9. The molecule has 1 aliphatic heterocycles.